The van der Waals surface area contributed by atoms with E-state index in [0.29, 0.717) is 25.2 Å². The highest BCUT2D eigenvalue weighted by Crippen LogP contribution is 2.22. The Kier molecular flexibility index (Phi) is 6.64. The fourth-order valence-electron chi connectivity index (χ4n) is 2.99. The number of nitrogens with one attached hydrogen (secondary N) is 1. The number of aromatic nitrogens is 1. The topological polar surface area (TPSA) is 79.4 Å². The van der Waals surface area contributed by atoms with Crippen LogP contribution in [0.2, 0.25) is 0 Å². The number of hydrogen-bond acceptors (Lipinski definition) is 4. The molecule has 1 amide bonds. The largest absolute Gasteiger partial charge is 0.310 e. The summed E-state index contributed by atoms with van der Waals surface area (Å²) in [6.07, 6.45) is 4.48. The summed E-state index contributed by atoms with van der Waals surface area (Å²) in [5.74, 6) is -0.161. The Hall–Kier alpha value is -2.03. The van der Waals surface area contributed by atoms with E-state index in [1.807, 2.05) is 31.2 Å². The standard InChI is InChI=1S/C20H22BrN3O3S/c1-15-4-6-16(7-5-15)10-12-28(26,27)24-11-2-3-17(14-24)20(25)23-19-9-8-18(21)13-22-19/h4-10,12-13,17H,2-3,11,14H2,1H3,(H,22,23,25). The Balaban J connectivity index is 1.65. The van der Waals surface area contributed by atoms with Crippen LogP contribution in [0.4, 0.5) is 5.82 Å². The first-order chi connectivity index (χ1) is 13.3. The van der Waals surface area contributed by atoms with Crippen molar-refractivity contribution in [2.24, 2.45) is 5.92 Å². The average Bonchev–Trinajstić information content (AvgIpc) is 2.69. The molecule has 1 aromatic carbocycles. The number of anilines is 1. The van der Waals surface area contributed by atoms with Gasteiger partial charge in [0.05, 0.1) is 5.92 Å². The summed E-state index contributed by atoms with van der Waals surface area (Å²) in [6.45, 7) is 2.57. The maximum atomic E-state index is 12.7. The van der Waals surface area contributed by atoms with Crippen molar-refractivity contribution in [1.82, 2.24) is 9.29 Å². The van der Waals surface area contributed by atoms with Crippen molar-refractivity contribution in [3.63, 3.8) is 0 Å². The maximum absolute atomic E-state index is 12.7. The van der Waals surface area contributed by atoms with Crippen molar-refractivity contribution < 1.29 is 13.2 Å². The lowest BCUT2D eigenvalue weighted by Crippen LogP contribution is -2.43. The normalized spacial score (nSPS) is 18.3. The molecular weight excluding hydrogens is 442 g/mol. The van der Waals surface area contributed by atoms with Crippen LogP contribution in [0.15, 0.2) is 52.5 Å². The third kappa shape index (κ3) is 5.50. The highest BCUT2D eigenvalue weighted by Gasteiger charge is 2.31. The fraction of sp³-hybridized carbons (Fsp3) is 0.300. The number of carbonyl (C=O) groups excluding carboxylic acids is 1. The van der Waals surface area contributed by atoms with Crippen molar-refractivity contribution >= 4 is 43.8 Å². The molecule has 0 saturated carbocycles. The zero-order valence-electron chi connectivity index (χ0n) is 15.5. The minimum atomic E-state index is -3.59. The number of carbonyl (C=O) groups is 1. The van der Waals surface area contributed by atoms with Crippen LogP contribution in [0.3, 0.4) is 0 Å². The van der Waals surface area contributed by atoms with E-state index >= 15 is 0 Å². The molecule has 1 fully saturated rings. The Bertz CT molecular complexity index is 957. The van der Waals surface area contributed by atoms with Gasteiger partial charge in [0.15, 0.2) is 0 Å². The summed E-state index contributed by atoms with van der Waals surface area (Å²) in [5, 5.41) is 3.98. The average molecular weight is 464 g/mol. The molecule has 1 aromatic heterocycles. The van der Waals surface area contributed by atoms with Crippen molar-refractivity contribution in [3.8, 4) is 0 Å². The number of piperidine rings is 1. The quantitative estimate of drug-likeness (QED) is 0.730. The van der Waals surface area contributed by atoms with Gasteiger partial charge in [-0.2, -0.15) is 4.31 Å². The molecule has 0 spiro atoms. The maximum Gasteiger partial charge on any atom is 0.236 e. The van der Waals surface area contributed by atoms with Gasteiger partial charge in [-0.25, -0.2) is 13.4 Å². The van der Waals surface area contributed by atoms with Gasteiger partial charge in [0.2, 0.25) is 15.9 Å². The lowest BCUT2D eigenvalue weighted by molar-refractivity contribution is -0.120. The SMILES string of the molecule is Cc1ccc(C=CS(=O)(=O)N2CCCC(C(=O)Nc3ccc(Br)cn3)C2)cc1. The number of amides is 1. The van der Waals surface area contributed by atoms with Crippen molar-refractivity contribution in [2.45, 2.75) is 19.8 Å². The van der Waals surface area contributed by atoms with Gasteiger partial charge in [-0.1, -0.05) is 29.8 Å². The van der Waals surface area contributed by atoms with Gasteiger partial charge >= 0.3 is 0 Å². The van der Waals surface area contributed by atoms with Gasteiger partial charge in [-0.05, 0) is 59.5 Å². The van der Waals surface area contributed by atoms with E-state index in [-0.39, 0.29) is 12.5 Å². The van der Waals surface area contributed by atoms with E-state index in [9.17, 15) is 13.2 Å². The van der Waals surface area contributed by atoms with Crippen LogP contribution in [0, 0.1) is 12.8 Å². The van der Waals surface area contributed by atoms with Crippen LogP contribution in [-0.4, -0.2) is 36.7 Å². The number of pyridine rings is 1. The number of benzene rings is 1. The second-order valence-electron chi connectivity index (χ2n) is 6.81. The van der Waals surface area contributed by atoms with Crippen molar-refractivity contribution in [2.75, 3.05) is 18.4 Å². The van der Waals surface area contributed by atoms with E-state index in [2.05, 4.69) is 26.2 Å². The number of halogens is 1. The molecule has 2 heterocycles. The fourth-order valence-corrected chi connectivity index (χ4v) is 4.50. The Morgan fingerprint density at radius 1 is 1.25 bits per heavy atom. The first-order valence-electron chi connectivity index (χ1n) is 9.01. The van der Waals surface area contributed by atoms with Crippen LogP contribution < -0.4 is 5.32 Å². The predicted molar refractivity (Wildman–Crippen MR) is 114 cm³/mol. The van der Waals surface area contributed by atoms with Gasteiger partial charge < -0.3 is 5.32 Å². The molecule has 1 aliphatic heterocycles. The van der Waals surface area contributed by atoms with Gasteiger partial charge in [-0.15, -0.1) is 0 Å². The first-order valence-corrected chi connectivity index (χ1v) is 11.3. The van der Waals surface area contributed by atoms with E-state index in [1.165, 1.54) is 9.71 Å². The lowest BCUT2D eigenvalue weighted by atomic mass is 9.99. The smallest absolute Gasteiger partial charge is 0.236 e. The molecule has 1 unspecified atom stereocenters. The number of hydrogen-bond donors (Lipinski definition) is 1. The molecule has 0 bridgehead atoms. The third-order valence-electron chi connectivity index (χ3n) is 4.60. The van der Waals surface area contributed by atoms with Crippen molar-refractivity contribution in [1.29, 1.82) is 0 Å². The zero-order chi connectivity index (χ0) is 20.1. The van der Waals surface area contributed by atoms with Crippen LogP contribution in [0.1, 0.15) is 24.0 Å². The molecule has 6 nitrogen and oxygen atoms in total. The number of nitrogens with zero attached hydrogens (tertiary/aromatic N) is 2. The Labute approximate surface area is 173 Å². The molecule has 148 valence electrons. The van der Waals surface area contributed by atoms with Gasteiger partial charge in [0.1, 0.15) is 5.82 Å². The molecule has 1 aliphatic rings. The summed E-state index contributed by atoms with van der Waals surface area (Å²) in [5.41, 5.74) is 1.94. The minimum absolute atomic E-state index is 0.170. The Morgan fingerprint density at radius 2 is 2.00 bits per heavy atom. The minimum Gasteiger partial charge on any atom is -0.310 e. The van der Waals surface area contributed by atoms with E-state index in [4.69, 9.17) is 0 Å². The van der Waals surface area contributed by atoms with E-state index in [1.54, 1.807) is 24.4 Å². The number of rotatable bonds is 5. The van der Waals surface area contributed by atoms with E-state index in [0.717, 1.165) is 15.6 Å². The molecule has 1 N–H and O–H groups in total. The molecular formula is C20H22BrN3O3S. The zero-order valence-corrected chi connectivity index (χ0v) is 17.9. The summed E-state index contributed by atoms with van der Waals surface area (Å²) in [6, 6.07) is 11.1. The monoisotopic (exact) mass is 463 g/mol. The van der Waals surface area contributed by atoms with Gasteiger partial charge in [-0.3, -0.25) is 4.79 Å². The summed E-state index contributed by atoms with van der Waals surface area (Å²) < 4.78 is 27.6. The Morgan fingerprint density at radius 3 is 2.68 bits per heavy atom. The highest BCUT2D eigenvalue weighted by molar-refractivity contribution is 9.10. The van der Waals surface area contributed by atoms with Crippen molar-refractivity contribution in [3.05, 3.63) is 63.6 Å². The molecule has 8 heteroatoms. The summed E-state index contributed by atoms with van der Waals surface area (Å²) in [7, 11) is -3.59. The lowest BCUT2D eigenvalue weighted by Gasteiger charge is -2.30. The molecule has 1 atom stereocenters. The summed E-state index contributed by atoms with van der Waals surface area (Å²) in [4.78, 5) is 16.7. The summed E-state index contributed by atoms with van der Waals surface area (Å²) >= 11 is 3.30. The predicted octanol–water partition coefficient (Wildman–Crippen LogP) is 3.80. The van der Waals surface area contributed by atoms with Crippen LogP contribution in [0.5, 0.6) is 0 Å². The van der Waals surface area contributed by atoms with Gasteiger partial charge in [0.25, 0.3) is 0 Å². The molecule has 3 rings (SSSR count). The van der Waals surface area contributed by atoms with Crippen LogP contribution in [0.25, 0.3) is 6.08 Å². The van der Waals surface area contributed by atoms with Crippen LogP contribution in [-0.2, 0) is 14.8 Å². The van der Waals surface area contributed by atoms with Crippen LogP contribution >= 0.6 is 15.9 Å². The number of sulfonamides is 1. The molecule has 0 radical (unpaired) electrons. The first kappa shape index (κ1) is 20.7. The van der Waals surface area contributed by atoms with E-state index < -0.39 is 15.9 Å². The second-order valence-corrected chi connectivity index (χ2v) is 9.54. The second kappa shape index (κ2) is 8.98. The third-order valence-corrected chi connectivity index (χ3v) is 6.60. The molecule has 28 heavy (non-hydrogen) atoms. The molecule has 1 saturated heterocycles. The molecule has 0 aliphatic carbocycles. The number of aryl methyl sites for hydroxylation is 1. The van der Waals surface area contributed by atoms with Gasteiger partial charge in [0, 0.05) is 29.2 Å². The molecule has 2 aromatic rings. The highest BCUT2D eigenvalue weighted by atomic mass is 79.9.